The second-order valence-corrected chi connectivity index (χ2v) is 5.27. The maximum atomic E-state index is 12.0. The van der Waals surface area contributed by atoms with Gasteiger partial charge in [0.25, 0.3) is 0 Å². The zero-order valence-electron chi connectivity index (χ0n) is 10.6. The Hall–Kier alpha value is -1.55. The zero-order valence-corrected chi connectivity index (χ0v) is 10.6. The third-order valence-electron chi connectivity index (χ3n) is 4.14. The number of nitrogens with zero attached hydrogens (tertiary/aromatic N) is 1. The second kappa shape index (κ2) is 4.28. The fourth-order valence-electron chi connectivity index (χ4n) is 3.01. The number of anilines is 1. The van der Waals surface area contributed by atoms with Gasteiger partial charge < -0.3 is 10.1 Å². The molecule has 4 heteroatoms. The number of para-hydroxylation sites is 1. The minimum absolute atomic E-state index is 0.226. The highest BCUT2D eigenvalue weighted by Gasteiger charge is 2.50. The molecule has 2 fully saturated rings. The zero-order chi connectivity index (χ0) is 12.6. The van der Waals surface area contributed by atoms with Crippen LogP contribution in [-0.2, 0) is 4.74 Å². The van der Waals surface area contributed by atoms with E-state index in [9.17, 15) is 4.79 Å². The third kappa shape index (κ3) is 1.68. The summed E-state index contributed by atoms with van der Waals surface area (Å²) in [6, 6.07) is 9.79. The average Bonchev–Trinajstić information content (AvgIpc) is 3.00. The molecule has 3 rings (SSSR count). The van der Waals surface area contributed by atoms with E-state index in [4.69, 9.17) is 4.74 Å². The van der Waals surface area contributed by atoms with Crippen LogP contribution in [0.15, 0.2) is 30.3 Å². The van der Waals surface area contributed by atoms with E-state index < -0.39 is 0 Å². The van der Waals surface area contributed by atoms with Crippen molar-refractivity contribution in [3.05, 3.63) is 30.3 Å². The van der Waals surface area contributed by atoms with Crippen molar-refractivity contribution in [3.8, 4) is 0 Å². The molecule has 1 N–H and O–H groups in total. The molecule has 2 atom stereocenters. The van der Waals surface area contributed by atoms with E-state index in [1.807, 2.05) is 35.2 Å². The summed E-state index contributed by atoms with van der Waals surface area (Å²) in [5, 5.41) is 3.37. The monoisotopic (exact) mass is 246 g/mol. The highest BCUT2D eigenvalue weighted by Crippen LogP contribution is 2.38. The van der Waals surface area contributed by atoms with E-state index in [0.717, 1.165) is 25.2 Å². The summed E-state index contributed by atoms with van der Waals surface area (Å²) in [4.78, 5) is 13.9. The number of hydrogen-bond acceptors (Lipinski definition) is 3. The van der Waals surface area contributed by atoms with Gasteiger partial charge in [-0.2, -0.15) is 0 Å². The molecule has 2 heterocycles. The molecule has 96 valence electrons. The lowest BCUT2D eigenvalue weighted by Crippen LogP contribution is -2.51. The van der Waals surface area contributed by atoms with Crippen molar-refractivity contribution in [2.24, 2.45) is 5.92 Å². The molecule has 1 aromatic carbocycles. The van der Waals surface area contributed by atoms with Crippen LogP contribution in [0.3, 0.4) is 0 Å². The highest BCUT2D eigenvalue weighted by atomic mass is 16.6. The maximum absolute atomic E-state index is 12.0. The van der Waals surface area contributed by atoms with Gasteiger partial charge in [-0.3, -0.25) is 4.90 Å². The number of benzene rings is 1. The number of ether oxygens (including phenoxy) is 1. The molecule has 0 bridgehead atoms. The van der Waals surface area contributed by atoms with Crippen molar-refractivity contribution in [2.45, 2.75) is 18.9 Å². The Morgan fingerprint density at radius 3 is 2.83 bits per heavy atom. The van der Waals surface area contributed by atoms with Crippen LogP contribution in [0.1, 0.15) is 13.3 Å². The molecule has 1 aromatic rings. The number of carbonyl (C=O) groups is 1. The van der Waals surface area contributed by atoms with Gasteiger partial charge in [-0.1, -0.05) is 18.2 Å². The van der Waals surface area contributed by atoms with E-state index in [1.165, 1.54) is 0 Å². The predicted molar refractivity (Wildman–Crippen MR) is 69.7 cm³/mol. The molecule has 2 saturated heterocycles. The van der Waals surface area contributed by atoms with Crippen molar-refractivity contribution in [1.29, 1.82) is 0 Å². The lowest BCUT2D eigenvalue weighted by molar-refractivity contribution is 0.166. The summed E-state index contributed by atoms with van der Waals surface area (Å²) < 4.78 is 5.31. The summed E-state index contributed by atoms with van der Waals surface area (Å²) in [5.74, 6) is 0.448. The fourth-order valence-corrected chi connectivity index (χ4v) is 3.01. The van der Waals surface area contributed by atoms with Crippen molar-refractivity contribution in [3.63, 3.8) is 0 Å². The van der Waals surface area contributed by atoms with Gasteiger partial charge in [0, 0.05) is 12.2 Å². The van der Waals surface area contributed by atoms with Gasteiger partial charge >= 0.3 is 6.09 Å². The first-order valence-electron chi connectivity index (χ1n) is 6.44. The van der Waals surface area contributed by atoms with Crippen LogP contribution in [0.4, 0.5) is 10.5 Å². The quantitative estimate of drug-likeness (QED) is 0.868. The van der Waals surface area contributed by atoms with Crippen LogP contribution >= 0.6 is 0 Å². The van der Waals surface area contributed by atoms with E-state index in [0.29, 0.717) is 12.5 Å². The number of rotatable bonds is 2. The van der Waals surface area contributed by atoms with Crippen LogP contribution in [0.2, 0.25) is 0 Å². The predicted octanol–water partition coefficient (Wildman–Crippen LogP) is 2.01. The van der Waals surface area contributed by atoms with E-state index >= 15 is 0 Å². The van der Waals surface area contributed by atoms with E-state index in [-0.39, 0.29) is 11.6 Å². The first-order chi connectivity index (χ1) is 8.72. The van der Waals surface area contributed by atoms with Gasteiger partial charge in [0.15, 0.2) is 0 Å². The number of cyclic esters (lactones) is 1. The maximum Gasteiger partial charge on any atom is 0.415 e. The normalized spacial score (nSPS) is 31.7. The van der Waals surface area contributed by atoms with E-state index in [1.54, 1.807) is 0 Å². The van der Waals surface area contributed by atoms with Crippen LogP contribution in [0.25, 0.3) is 0 Å². The smallest absolute Gasteiger partial charge is 0.415 e. The van der Waals surface area contributed by atoms with Gasteiger partial charge in [0.05, 0.1) is 5.54 Å². The third-order valence-corrected chi connectivity index (χ3v) is 4.14. The first-order valence-corrected chi connectivity index (χ1v) is 6.44. The lowest BCUT2D eigenvalue weighted by Gasteiger charge is -2.36. The molecule has 1 amide bonds. The van der Waals surface area contributed by atoms with Crippen LogP contribution < -0.4 is 10.2 Å². The van der Waals surface area contributed by atoms with Gasteiger partial charge in [-0.25, -0.2) is 4.79 Å². The van der Waals surface area contributed by atoms with Gasteiger partial charge in [-0.05, 0) is 37.9 Å². The topological polar surface area (TPSA) is 41.6 Å². The van der Waals surface area contributed by atoms with E-state index in [2.05, 4.69) is 12.2 Å². The summed E-state index contributed by atoms with van der Waals surface area (Å²) >= 11 is 0. The molecular weight excluding hydrogens is 228 g/mol. The Bertz CT molecular complexity index is 442. The molecule has 2 unspecified atom stereocenters. The largest absolute Gasteiger partial charge is 0.447 e. The van der Waals surface area contributed by atoms with Crippen LogP contribution in [-0.4, -0.2) is 31.3 Å². The van der Waals surface area contributed by atoms with Gasteiger partial charge in [0.2, 0.25) is 0 Å². The summed E-state index contributed by atoms with van der Waals surface area (Å²) in [6.07, 6.45) is 0.867. The van der Waals surface area contributed by atoms with Crippen molar-refractivity contribution in [1.82, 2.24) is 5.32 Å². The Morgan fingerprint density at radius 1 is 1.39 bits per heavy atom. The van der Waals surface area contributed by atoms with Crippen molar-refractivity contribution >= 4 is 11.8 Å². The number of carbonyl (C=O) groups excluding carboxylic acids is 1. The van der Waals surface area contributed by atoms with Crippen LogP contribution in [0, 0.1) is 5.92 Å². The molecule has 0 aliphatic carbocycles. The average molecular weight is 246 g/mol. The SMILES string of the molecule is CC1(C2CCNC2)COC(=O)N1c1ccccc1. The second-order valence-electron chi connectivity index (χ2n) is 5.27. The van der Waals surface area contributed by atoms with Crippen LogP contribution in [0.5, 0.6) is 0 Å². The molecule has 18 heavy (non-hydrogen) atoms. The first kappa shape index (κ1) is 11.5. The minimum atomic E-state index is -0.234. The molecule has 2 aliphatic rings. The summed E-state index contributed by atoms with van der Waals surface area (Å²) in [6.45, 7) is 4.59. The Morgan fingerprint density at radius 2 is 2.17 bits per heavy atom. The van der Waals surface area contributed by atoms with Gasteiger partial charge in [0.1, 0.15) is 6.61 Å². The van der Waals surface area contributed by atoms with Gasteiger partial charge in [-0.15, -0.1) is 0 Å². The number of amides is 1. The number of hydrogen-bond donors (Lipinski definition) is 1. The molecular formula is C14H18N2O2. The molecule has 0 aromatic heterocycles. The summed E-state index contributed by atoms with van der Waals surface area (Å²) in [5.41, 5.74) is 0.691. The fraction of sp³-hybridized carbons (Fsp3) is 0.500. The Balaban J connectivity index is 1.96. The Labute approximate surface area is 107 Å². The molecule has 0 saturated carbocycles. The van der Waals surface area contributed by atoms with Crippen molar-refractivity contribution in [2.75, 3.05) is 24.6 Å². The minimum Gasteiger partial charge on any atom is -0.447 e. The number of nitrogens with one attached hydrogen (secondary N) is 1. The standard InChI is InChI=1S/C14H18N2O2/c1-14(11-7-8-15-9-11)10-18-13(17)16(14)12-5-3-2-4-6-12/h2-6,11,15H,7-10H2,1H3. The molecule has 2 aliphatic heterocycles. The lowest BCUT2D eigenvalue weighted by atomic mass is 9.84. The molecule has 4 nitrogen and oxygen atoms in total. The highest BCUT2D eigenvalue weighted by molar-refractivity contribution is 5.91. The van der Waals surface area contributed by atoms with Crippen molar-refractivity contribution < 1.29 is 9.53 Å². The summed E-state index contributed by atoms with van der Waals surface area (Å²) in [7, 11) is 0. The molecule has 0 radical (unpaired) electrons. The molecule has 0 spiro atoms. The Kier molecular flexibility index (Phi) is 2.74.